The zero-order chi connectivity index (χ0) is 24.1. The average molecular weight is 456 g/mol. The van der Waals surface area contributed by atoms with Crippen LogP contribution < -0.4 is 4.74 Å². The summed E-state index contributed by atoms with van der Waals surface area (Å²) in [6.07, 6.45) is 3.01. The minimum atomic E-state index is -2.59. The van der Waals surface area contributed by atoms with E-state index in [1.54, 1.807) is 24.3 Å². The molecule has 2 aliphatic rings. The number of alkyl halides is 2. The molecule has 0 amide bonds. The topological polar surface area (TPSA) is 65.6 Å². The number of ether oxygens (including phenoxy) is 1. The zero-order valence-corrected chi connectivity index (χ0v) is 18.5. The van der Waals surface area contributed by atoms with Crippen molar-refractivity contribution in [3.8, 4) is 5.75 Å². The molecule has 2 heterocycles. The molecule has 1 atom stereocenters. The van der Waals surface area contributed by atoms with Gasteiger partial charge >= 0.3 is 5.97 Å². The normalized spacial score (nSPS) is 22.2. The fourth-order valence-corrected chi connectivity index (χ4v) is 5.84. The van der Waals surface area contributed by atoms with Crippen molar-refractivity contribution in [2.24, 2.45) is 5.41 Å². The van der Waals surface area contributed by atoms with Gasteiger partial charge in [0.2, 0.25) is 5.92 Å². The van der Waals surface area contributed by atoms with Crippen LogP contribution in [-0.4, -0.2) is 40.5 Å². The summed E-state index contributed by atoms with van der Waals surface area (Å²) >= 11 is 0. The molecule has 1 unspecified atom stereocenters. The molecule has 174 valence electrons. The second kappa shape index (κ2) is 7.83. The Labute approximate surface area is 192 Å². The first-order chi connectivity index (χ1) is 16.2. The number of aromatic carboxylic acids is 1. The number of rotatable bonds is 5. The zero-order valence-electron chi connectivity index (χ0n) is 19.5. The second-order valence-electron chi connectivity index (χ2n) is 9.66. The van der Waals surface area contributed by atoms with Gasteiger partial charge in [-0.1, -0.05) is 12.1 Å². The largest absolute Gasteiger partial charge is 0.496 e. The fraction of sp³-hybridized carbons (Fsp3) is 0.423. The molecule has 2 fully saturated rings. The average Bonchev–Trinajstić information content (AvgIpc) is 3.27. The third-order valence-electron chi connectivity index (χ3n) is 7.43. The molecule has 3 aromatic rings. The number of methoxy groups -OCH3 is 1. The third-order valence-corrected chi connectivity index (χ3v) is 7.43. The van der Waals surface area contributed by atoms with Gasteiger partial charge < -0.3 is 14.8 Å². The molecule has 5 nitrogen and oxygen atoms in total. The number of benzene rings is 2. The van der Waals surface area contributed by atoms with E-state index in [0.717, 1.165) is 27.6 Å². The molecule has 0 radical (unpaired) electrons. The van der Waals surface area contributed by atoms with Gasteiger partial charge in [0.1, 0.15) is 5.75 Å². The van der Waals surface area contributed by atoms with Crippen molar-refractivity contribution in [2.45, 2.75) is 51.1 Å². The molecule has 1 saturated heterocycles. The Bertz CT molecular complexity index is 1220. The molecular formula is C26H28F2N2O3. The number of H-pyrrole nitrogens is 1. The molecule has 1 aromatic heterocycles. The lowest BCUT2D eigenvalue weighted by atomic mass is 9.59. The van der Waals surface area contributed by atoms with E-state index in [9.17, 15) is 18.7 Å². The van der Waals surface area contributed by atoms with Crippen LogP contribution in [-0.2, 0) is 6.54 Å². The van der Waals surface area contributed by atoms with E-state index in [1.165, 1.54) is 0 Å². The molecule has 0 bridgehead atoms. The van der Waals surface area contributed by atoms with Crippen LogP contribution in [0.4, 0.5) is 8.78 Å². The molecular weight excluding hydrogens is 426 g/mol. The summed E-state index contributed by atoms with van der Waals surface area (Å²) in [7, 11) is -0.194. The lowest BCUT2D eigenvalue weighted by Gasteiger charge is -2.54. The maximum Gasteiger partial charge on any atom is 0.335 e. The van der Waals surface area contributed by atoms with E-state index >= 15 is 0 Å². The number of aromatic amines is 1. The Hall–Kier alpha value is -2.93. The first-order valence-electron chi connectivity index (χ1n) is 11.9. The quantitative estimate of drug-likeness (QED) is 0.500. The van der Waals surface area contributed by atoms with Crippen molar-refractivity contribution in [2.75, 3.05) is 13.6 Å². The Morgan fingerprint density at radius 3 is 2.73 bits per heavy atom. The van der Waals surface area contributed by atoms with Crippen LogP contribution in [0, 0.1) is 12.3 Å². The van der Waals surface area contributed by atoms with Gasteiger partial charge in [-0.05, 0) is 67.1 Å². The first kappa shape index (κ1) is 20.7. The van der Waals surface area contributed by atoms with Gasteiger partial charge in [-0.3, -0.25) is 4.90 Å². The van der Waals surface area contributed by atoms with E-state index < -0.39 is 11.9 Å². The van der Waals surface area contributed by atoms with Gasteiger partial charge in [-0.15, -0.1) is 0 Å². The summed E-state index contributed by atoms with van der Waals surface area (Å²) in [5.74, 6) is -2.92. The predicted molar refractivity (Wildman–Crippen MR) is 122 cm³/mol. The minimum absolute atomic E-state index is 0.0860. The van der Waals surface area contributed by atoms with Gasteiger partial charge in [-0.25, -0.2) is 13.6 Å². The van der Waals surface area contributed by atoms with Crippen LogP contribution in [0.25, 0.3) is 10.9 Å². The number of nitrogens with zero attached hydrogens (tertiary/aromatic N) is 1. The number of hydrogen-bond donors (Lipinski definition) is 2. The highest BCUT2D eigenvalue weighted by Crippen LogP contribution is 2.60. The SMILES string of the molecule is [2H]COc1cc(C)c2[nH]ccc2c1CN1CCC2(CC1c1ccc(C(=O)O)cc1)CC(F)(F)C2. The number of aromatic nitrogens is 1. The molecule has 33 heavy (non-hydrogen) atoms. The van der Waals surface area contributed by atoms with E-state index in [-0.39, 0.29) is 36.9 Å². The molecule has 2 aromatic carbocycles. The number of piperidine rings is 1. The van der Waals surface area contributed by atoms with Gasteiger partial charge in [0, 0.05) is 48.1 Å². The van der Waals surface area contributed by atoms with Crippen LogP contribution >= 0.6 is 0 Å². The number of carboxylic acid groups (broad SMARTS) is 1. The number of hydrogen-bond acceptors (Lipinski definition) is 3. The molecule has 2 N–H and O–H groups in total. The summed E-state index contributed by atoms with van der Waals surface area (Å²) in [4.78, 5) is 16.9. The van der Waals surface area contributed by atoms with Gasteiger partial charge in [-0.2, -0.15) is 0 Å². The van der Waals surface area contributed by atoms with E-state index in [1.807, 2.05) is 25.3 Å². The third kappa shape index (κ3) is 3.88. The maximum absolute atomic E-state index is 13.9. The smallest absolute Gasteiger partial charge is 0.335 e. The number of fused-ring (bicyclic) bond motifs is 1. The predicted octanol–water partition coefficient (Wildman–Crippen LogP) is 5.94. The summed E-state index contributed by atoms with van der Waals surface area (Å²) in [5, 5.41) is 10.3. The number of nitrogens with one attached hydrogen (secondary N) is 1. The first-order valence-corrected chi connectivity index (χ1v) is 11.2. The highest BCUT2D eigenvalue weighted by atomic mass is 19.3. The number of carbonyl (C=O) groups is 1. The van der Waals surface area contributed by atoms with Crippen LogP contribution in [0.5, 0.6) is 5.75 Å². The summed E-state index contributed by atoms with van der Waals surface area (Å²) in [6.45, 7) is 3.19. The van der Waals surface area contributed by atoms with E-state index in [4.69, 9.17) is 6.11 Å². The van der Waals surface area contributed by atoms with Crippen LogP contribution in [0.3, 0.4) is 0 Å². The van der Waals surface area contributed by atoms with E-state index in [2.05, 4.69) is 9.88 Å². The Balaban J connectivity index is 1.51. The van der Waals surface area contributed by atoms with Crippen LogP contribution in [0.1, 0.15) is 60.1 Å². The van der Waals surface area contributed by atoms with Crippen molar-refractivity contribution in [1.29, 1.82) is 0 Å². The maximum atomic E-state index is 13.9. The number of aryl methyl sites for hydroxylation is 1. The van der Waals surface area contributed by atoms with Crippen molar-refractivity contribution in [3.05, 3.63) is 64.8 Å². The van der Waals surface area contributed by atoms with E-state index in [0.29, 0.717) is 31.7 Å². The second-order valence-corrected chi connectivity index (χ2v) is 9.66. The van der Waals surface area contributed by atoms with Gasteiger partial charge in [0.05, 0.1) is 14.0 Å². The van der Waals surface area contributed by atoms with Crippen LogP contribution in [0.2, 0.25) is 0 Å². The fourth-order valence-electron chi connectivity index (χ4n) is 5.84. The standard InChI is InChI=1S/C26H28F2N2O3/c1-16-11-22(33-2)20(19-7-9-29-23(16)19)13-30-10-8-25(14-26(27,28)15-25)12-21(30)17-3-5-18(6-4-17)24(31)32/h3-7,9,11,21,29H,8,10,12-15H2,1-2H3,(H,31,32)/i2D. The Morgan fingerprint density at radius 2 is 2.06 bits per heavy atom. The van der Waals surface area contributed by atoms with Crippen LogP contribution in [0.15, 0.2) is 42.6 Å². The summed E-state index contributed by atoms with van der Waals surface area (Å²) < 4.78 is 41.0. The Morgan fingerprint density at radius 1 is 1.30 bits per heavy atom. The summed E-state index contributed by atoms with van der Waals surface area (Å²) in [5.41, 5.74) is 3.77. The highest BCUT2D eigenvalue weighted by Gasteiger charge is 2.58. The lowest BCUT2D eigenvalue weighted by molar-refractivity contribution is -0.186. The number of carboxylic acids is 1. The molecule has 1 saturated carbocycles. The number of likely N-dealkylation sites (tertiary alicyclic amines) is 1. The monoisotopic (exact) mass is 455 g/mol. The van der Waals surface area contributed by atoms with Crippen molar-refractivity contribution in [3.63, 3.8) is 0 Å². The minimum Gasteiger partial charge on any atom is -0.496 e. The summed E-state index contributed by atoms with van der Waals surface area (Å²) in [6, 6.07) is 10.6. The molecule has 1 spiro atoms. The van der Waals surface area contributed by atoms with Gasteiger partial charge in [0.15, 0.2) is 0 Å². The molecule has 5 rings (SSSR count). The highest BCUT2D eigenvalue weighted by molar-refractivity contribution is 5.88. The molecule has 1 aliphatic carbocycles. The lowest BCUT2D eigenvalue weighted by Crippen LogP contribution is -2.53. The molecule has 1 aliphatic heterocycles. The Kier molecular flexibility index (Phi) is 4.91. The van der Waals surface area contributed by atoms with Crippen molar-refractivity contribution < 1.29 is 24.8 Å². The number of halogens is 2. The molecule has 7 heteroatoms. The van der Waals surface area contributed by atoms with Crippen molar-refractivity contribution >= 4 is 16.9 Å². The van der Waals surface area contributed by atoms with Gasteiger partial charge in [0.25, 0.3) is 0 Å². The van der Waals surface area contributed by atoms with Crippen molar-refractivity contribution in [1.82, 2.24) is 9.88 Å².